The smallest absolute Gasteiger partial charge is 0.274 e. The van der Waals surface area contributed by atoms with Crippen molar-refractivity contribution in [2.75, 3.05) is 0 Å². The summed E-state index contributed by atoms with van der Waals surface area (Å²) in [6.45, 7) is 0.934. The van der Waals surface area contributed by atoms with Crippen molar-refractivity contribution in [1.29, 1.82) is 0 Å². The van der Waals surface area contributed by atoms with E-state index in [-0.39, 0.29) is 31.1 Å². The molecule has 1 aromatic heterocycles. The van der Waals surface area contributed by atoms with E-state index in [1.165, 1.54) is 0 Å². The lowest BCUT2D eigenvalue weighted by Gasteiger charge is -2.09. The third kappa shape index (κ3) is 2.24. The Hall–Kier alpha value is -0.690. The zero-order chi connectivity index (χ0) is 15.4. The minimum absolute atomic E-state index is 0.229. The molecule has 0 atom stereocenters. The summed E-state index contributed by atoms with van der Waals surface area (Å²) in [6, 6.07) is 0. The van der Waals surface area contributed by atoms with Gasteiger partial charge in [-0.15, -0.1) is 0 Å². The Morgan fingerprint density at radius 2 is 1.55 bits per heavy atom. The van der Waals surface area contributed by atoms with Crippen molar-refractivity contribution in [2.45, 2.75) is 13.1 Å². The van der Waals surface area contributed by atoms with E-state index in [0.717, 1.165) is 6.92 Å². The number of nitrogens with zero attached hydrogens (tertiary/aromatic N) is 2. The van der Waals surface area contributed by atoms with E-state index in [4.69, 9.17) is 46.4 Å². The number of halogens is 7. The van der Waals surface area contributed by atoms with Gasteiger partial charge in [0.2, 0.25) is 11.7 Å². The molecule has 0 radical (unpaired) electrons. The second-order valence-corrected chi connectivity index (χ2v) is 5.25. The first-order chi connectivity index (χ1) is 9.07. The average molecular weight is 366 g/mol. The Morgan fingerprint density at radius 3 is 2.00 bits per heavy atom. The number of alkyl halides is 3. The number of fused-ring (bicyclic) bond motifs is 1. The summed E-state index contributed by atoms with van der Waals surface area (Å²) in [5, 5.41) is -1.11. The molecular formula is C10H3Cl4F3N2O. The van der Waals surface area contributed by atoms with Gasteiger partial charge < -0.3 is 0 Å². The van der Waals surface area contributed by atoms with E-state index in [9.17, 15) is 18.0 Å². The number of carbonyl (C=O) groups is 1. The Labute approximate surface area is 130 Å². The van der Waals surface area contributed by atoms with Crippen LogP contribution in [0.1, 0.15) is 17.5 Å². The molecule has 0 aliphatic carbocycles. The minimum Gasteiger partial charge on any atom is -0.274 e. The monoisotopic (exact) mass is 364 g/mol. The van der Waals surface area contributed by atoms with E-state index < -0.39 is 17.9 Å². The lowest BCUT2D eigenvalue weighted by molar-refractivity contribution is -0.145. The van der Waals surface area contributed by atoms with Gasteiger partial charge in [-0.2, -0.15) is 13.2 Å². The molecule has 0 unspecified atom stereocenters. The molecule has 108 valence electrons. The van der Waals surface area contributed by atoms with Crippen LogP contribution in [0.4, 0.5) is 13.2 Å². The molecule has 2 rings (SSSR count). The van der Waals surface area contributed by atoms with Crippen LogP contribution < -0.4 is 0 Å². The van der Waals surface area contributed by atoms with Gasteiger partial charge in [0, 0.05) is 6.92 Å². The van der Waals surface area contributed by atoms with Gasteiger partial charge in [-0.05, 0) is 0 Å². The number of carbonyl (C=O) groups excluding carboxylic acids is 1. The molecule has 0 bridgehead atoms. The van der Waals surface area contributed by atoms with Gasteiger partial charge in [0.05, 0.1) is 25.6 Å². The topological polar surface area (TPSA) is 34.9 Å². The second kappa shape index (κ2) is 4.94. The fraction of sp³-hybridized carbons (Fsp3) is 0.200. The maximum atomic E-state index is 12.9. The summed E-state index contributed by atoms with van der Waals surface area (Å²) >= 11 is 23.2. The summed E-state index contributed by atoms with van der Waals surface area (Å²) in [6.07, 6.45) is -4.86. The van der Waals surface area contributed by atoms with Crippen LogP contribution in [0.2, 0.25) is 20.1 Å². The Bertz CT molecular complexity index is 739. The van der Waals surface area contributed by atoms with Gasteiger partial charge >= 0.3 is 6.18 Å². The van der Waals surface area contributed by atoms with Crippen LogP contribution in [0.5, 0.6) is 0 Å². The van der Waals surface area contributed by atoms with Crippen molar-refractivity contribution in [3.8, 4) is 0 Å². The fourth-order valence-corrected chi connectivity index (χ4v) is 2.63. The molecule has 0 saturated heterocycles. The SMILES string of the molecule is CC(=O)n1c(C(F)(F)F)nc2c(Cl)c(Cl)c(Cl)c(Cl)c21. The van der Waals surface area contributed by atoms with Gasteiger partial charge in [-0.3, -0.25) is 9.36 Å². The highest BCUT2D eigenvalue weighted by Crippen LogP contribution is 2.44. The van der Waals surface area contributed by atoms with Crippen LogP contribution >= 0.6 is 46.4 Å². The van der Waals surface area contributed by atoms with Crippen molar-refractivity contribution < 1.29 is 18.0 Å². The molecule has 0 N–H and O–H groups in total. The van der Waals surface area contributed by atoms with E-state index in [1.54, 1.807) is 0 Å². The predicted molar refractivity (Wildman–Crippen MR) is 71.1 cm³/mol. The molecule has 10 heteroatoms. The van der Waals surface area contributed by atoms with Crippen LogP contribution in [-0.4, -0.2) is 15.5 Å². The maximum Gasteiger partial charge on any atom is 0.450 e. The van der Waals surface area contributed by atoms with Crippen LogP contribution in [0.15, 0.2) is 0 Å². The van der Waals surface area contributed by atoms with Crippen molar-refractivity contribution in [2.24, 2.45) is 0 Å². The highest BCUT2D eigenvalue weighted by Gasteiger charge is 2.40. The Morgan fingerprint density at radius 1 is 1.05 bits per heavy atom. The fourth-order valence-electron chi connectivity index (χ4n) is 1.67. The molecular weight excluding hydrogens is 363 g/mol. The van der Waals surface area contributed by atoms with Gasteiger partial charge in [0.15, 0.2) is 0 Å². The van der Waals surface area contributed by atoms with Gasteiger partial charge in [-0.1, -0.05) is 46.4 Å². The van der Waals surface area contributed by atoms with Crippen LogP contribution in [0, 0.1) is 0 Å². The first kappa shape index (κ1) is 15.7. The second-order valence-electron chi connectivity index (χ2n) is 3.74. The Kier molecular flexibility index (Phi) is 3.88. The third-order valence-corrected chi connectivity index (χ3v) is 4.22. The zero-order valence-corrected chi connectivity index (χ0v) is 12.5. The maximum absolute atomic E-state index is 12.9. The number of imidazole rings is 1. The summed E-state index contributed by atoms with van der Waals surface area (Å²) in [7, 11) is 0. The van der Waals surface area contributed by atoms with Gasteiger partial charge in [0.25, 0.3) is 0 Å². The quantitative estimate of drug-likeness (QED) is 0.467. The molecule has 0 fully saturated rings. The molecule has 20 heavy (non-hydrogen) atoms. The van der Waals surface area contributed by atoms with Crippen LogP contribution in [0.3, 0.4) is 0 Å². The lowest BCUT2D eigenvalue weighted by Crippen LogP contribution is -2.18. The number of hydrogen-bond donors (Lipinski definition) is 0. The molecule has 1 heterocycles. The summed E-state index contributed by atoms with van der Waals surface area (Å²) in [5.74, 6) is -2.38. The summed E-state index contributed by atoms with van der Waals surface area (Å²) in [5.41, 5.74) is -0.667. The molecule has 0 amide bonds. The first-order valence-electron chi connectivity index (χ1n) is 4.90. The van der Waals surface area contributed by atoms with E-state index in [2.05, 4.69) is 4.98 Å². The zero-order valence-electron chi connectivity index (χ0n) is 9.45. The van der Waals surface area contributed by atoms with Crippen LogP contribution in [-0.2, 0) is 6.18 Å². The van der Waals surface area contributed by atoms with Crippen molar-refractivity contribution in [3.05, 3.63) is 25.9 Å². The summed E-state index contributed by atoms with van der Waals surface area (Å²) in [4.78, 5) is 14.8. The molecule has 0 spiro atoms. The van der Waals surface area contributed by atoms with E-state index in [1.807, 2.05) is 0 Å². The lowest BCUT2D eigenvalue weighted by atomic mass is 10.3. The largest absolute Gasteiger partial charge is 0.450 e. The van der Waals surface area contributed by atoms with Crippen molar-refractivity contribution >= 4 is 63.3 Å². The first-order valence-corrected chi connectivity index (χ1v) is 6.41. The number of hydrogen-bond acceptors (Lipinski definition) is 2. The van der Waals surface area contributed by atoms with Crippen LogP contribution in [0.25, 0.3) is 11.0 Å². The molecule has 0 aliphatic rings. The molecule has 0 saturated carbocycles. The highest BCUT2D eigenvalue weighted by molar-refractivity contribution is 6.55. The van der Waals surface area contributed by atoms with E-state index >= 15 is 0 Å². The number of rotatable bonds is 0. The predicted octanol–water partition coefficient (Wildman–Crippen LogP) is 5.33. The molecule has 3 nitrogen and oxygen atoms in total. The van der Waals surface area contributed by atoms with Crippen molar-refractivity contribution in [3.63, 3.8) is 0 Å². The Balaban J connectivity index is 3.08. The standard InChI is InChI=1S/C10H3Cl4F3N2O/c1-2(20)19-8-6(14)4(12)3(11)5(13)7(8)18-9(19)10(15,16)17/h1H3. The molecule has 1 aromatic carbocycles. The normalized spacial score (nSPS) is 12.2. The van der Waals surface area contributed by atoms with Gasteiger partial charge in [0.1, 0.15) is 5.52 Å². The number of benzene rings is 1. The minimum atomic E-state index is -4.86. The van der Waals surface area contributed by atoms with Crippen molar-refractivity contribution in [1.82, 2.24) is 9.55 Å². The third-order valence-electron chi connectivity index (χ3n) is 2.44. The average Bonchev–Trinajstić information content (AvgIpc) is 2.74. The van der Waals surface area contributed by atoms with E-state index in [0.29, 0.717) is 4.57 Å². The van der Waals surface area contributed by atoms with Gasteiger partial charge in [-0.25, -0.2) is 4.98 Å². The summed E-state index contributed by atoms with van der Waals surface area (Å²) < 4.78 is 39.1. The number of aromatic nitrogens is 2. The highest BCUT2D eigenvalue weighted by atomic mass is 35.5. The molecule has 0 aliphatic heterocycles. The molecule has 2 aromatic rings.